The van der Waals surface area contributed by atoms with Crippen LogP contribution < -0.4 is 0 Å². The summed E-state index contributed by atoms with van der Waals surface area (Å²) in [6, 6.07) is 14.3. The van der Waals surface area contributed by atoms with Gasteiger partial charge in [0.2, 0.25) is 11.8 Å². The van der Waals surface area contributed by atoms with Gasteiger partial charge < -0.3 is 23.8 Å². The topological polar surface area (TPSA) is 64.0 Å². The predicted octanol–water partition coefficient (Wildman–Crippen LogP) is 2.79. The fourth-order valence-electron chi connectivity index (χ4n) is 3.74. The molecular weight excluding hydrogens is 406 g/mol. The van der Waals surface area contributed by atoms with Crippen LogP contribution in [-0.2, 0) is 32.2 Å². The van der Waals surface area contributed by atoms with Crippen LogP contribution in [0.3, 0.4) is 0 Å². The van der Waals surface area contributed by atoms with Gasteiger partial charge in [-0.3, -0.25) is 9.59 Å². The lowest BCUT2D eigenvalue weighted by Crippen LogP contribution is -2.45. The van der Waals surface area contributed by atoms with Crippen molar-refractivity contribution >= 4 is 11.8 Å². The van der Waals surface area contributed by atoms with Gasteiger partial charge in [0.25, 0.3) is 0 Å². The highest BCUT2D eigenvalue weighted by molar-refractivity contribution is 5.87. The van der Waals surface area contributed by atoms with Crippen LogP contribution in [0.4, 0.5) is 0 Å². The summed E-state index contributed by atoms with van der Waals surface area (Å²) in [6.07, 6.45) is 4.61. The maximum atomic E-state index is 13.3. The van der Waals surface area contributed by atoms with Crippen LogP contribution in [0.25, 0.3) is 0 Å². The van der Waals surface area contributed by atoms with E-state index in [2.05, 4.69) is 16.7 Å². The van der Waals surface area contributed by atoms with E-state index in [1.165, 1.54) is 5.56 Å². The van der Waals surface area contributed by atoms with E-state index in [1.54, 1.807) is 24.0 Å². The number of amides is 2. The third-order valence-electron chi connectivity index (χ3n) is 5.73. The molecule has 1 heterocycles. The monoisotopic (exact) mass is 441 g/mol. The molecule has 174 valence electrons. The van der Waals surface area contributed by atoms with Crippen LogP contribution in [-0.4, -0.2) is 73.2 Å². The van der Waals surface area contributed by atoms with E-state index in [9.17, 15) is 9.59 Å². The second-order valence-electron chi connectivity index (χ2n) is 8.30. The Morgan fingerprint density at radius 1 is 0.969 bits per heavy atom. The smallest absolute Gasteiger partial charge is 0.242 e. The summed E-state index contributed by atoms with van der Waals surface area (Å²) in [5, 5.41) is 0. The van der Waals surface area contributed by atoms with Gasteiger partial charge in [-0.1, -0.05) is 30.3 Å². The molecule has 0 aliphatic heterocycles. The van der Waals surface area contributed by atoms with Gasteiger partial charge in [-0.25, -0.2) is 0 Å². The Morgan fingerprint density at radius 2 is 1.72 bits per heavy atom. The first kappa shape index (κ1) is 24.0. The Kier molecular flexibility index (Phi) is 9.31. The normalized spacial score (nSPS) is 13.2. The largest absolute Gasteiger partial charge is 0.385 e. The fraction of sp³-hybridized carbons (Fsp3) is 0.520. The number of carbonyl (C=O) groups is 2. The van der Waals surface area contributed by atoms with Crippen LogP contribution in [0.2, 0.25) is 0 Å². The molecule has 1 saturated carbocycles. The molecular formula is C25H35N3O4. The van der Waals surface area contributed by atoms with Crippen LogP contribution in [0.1, 0.15) is 30.5 Å². The van der Waals surface area contributed by atoms with Crippen molar-refractivity contribution in [2.45, 2.75) is 32.4 Å². The zero-order valence-corrected chi connectivity index (χ0v) is 19.2. The van der Waals surface area contributed by atoms with Gasteiger partial charge in [0.05, 0.1) is 19.7 Å². The molecule has 3 rings (SSSR count). The number of hydrogen-bond acceptors (Lipinski definition) is 4. The fourth-order valence-corrected chi connectivity index (χ4v) is 3.74. The van der Waals surface area contributed by atoms with Gasteiger partial charge in [0, 0.05) is 58.3 Å². The SMILES string of the molecule is COCCCN(CC(=O)N(CCOC)Cc1cccn1Cc1ccccc1)C(=O)C1CC1. The molecule has 1 aromatic heterocycles. The minimum absolute atomic E-state index is 0.0547. The van der Waals surface area contributed by atoms with Crippen molar-refractivity contribution in [3.05, 3.63) is 59.9 Å². The maximum absolute atomic E-state index is 13.3. The Labute approximate surface area is 190 Å². The maximum Gasteiger partial charge on any atom is 0.242 e. The highest BCUT2D eigenvalue weighted by Crippen LogP contribution is 2.31. The number of benzene rings is 1. The second-order valence-corrected chi connectivity index (χ2v) is 8.30. The summed E-state index contributed by atoms with van der Waals surface area (Å²) in [4.78, 5) is 29.5. The molecule has 1 fully saturated rings. The summed E-state index contributed by atoms with van der Waals surface area (Å²) in [6.45, 7) is 3.37. The van der Waals surface area contributed by atoms with E-state index in [0.29, 0.717) is 32.8 Å². The van der Waals surface area contributed by atoms with Gasteiger partial charge >= 0.3 is 0 Å². The molecule has 0 N–H and O–H groups in total. The van der Waals surface area contributed by atoms with Crippen molar-refractivity contribution in [1.82, 2.24) is 14.4 Å². The molecule has 0 spiro atoms. The molecule has 0 unspecified atom stereocenters. The average molecular weight is 442 g/mol. The summed E-state index contributed by atoms with van der Waals surface area (Å²) < 4.78 is 12.5. The molecule has 2 amide bonds. The lowest BCUT2D eigenvalue weighted by molar-refractivity contribution is -0.142. The van der Waals surface area contributed by atoms with Crippen molar-refractivity contribution in [2.75, 3.05) is 47.1 Å². The molecule has 7 heteroatoms. The molecule has 32 heavy (non-hydrogen) atoms. The number of nitrogens with zero attached hydrogens (tertiary/aromatic N) is 3. The standard InChI is InChI=1S/C25H35N3O4/c1-31-16-7-14-28(25(30)22-11-12-22)20-24(29)27(15-17-32-2)19-23-10-6-13-26(23)18-21-8-4-3-5-9-21/h3-6,8-10,13,22H,7,11-12,14-20H2,1-2H3. The Morgan fingerprint density at radius 3 is 2.41 bits per heavy atom. The number of ether oxygens (including phenoxy) is 2. The number of methoxy groups -OCH3 is 2. The lowest BCUT2D eigenvalue weighted by atomic mass is 10.2. The third-order valence-corrected chi connectivity index (χ3v) is 5.73. The summed E-state index contributed by atoms with van der Waals surface area (Å²) in [5.41, 5.74) is 2.26. The first-order valence-corrected chi connectivity index (χ1v) is 11.3. The first-order valence-electron chi connectivity index (χ1n) is 11.3. The van der Waals surface area contributed by atoms with Gasteiger partial charge in [0.15, 0.2) is 0 Å². The number of hydrogen-bond donors (Lipinski definition) is 0. The van der Waals surface area contributed by atoms with E-state index in [4.69, 9.17) is 9.47 Å². The Balaban J connectivity index is 1.67. The average Bonchev–Trinajstić information content (AvgIpc) is 3.57. The molecule has 1 aliphatic rings. The molecule has 0 bridgehead atoms. The van der Waals surface area contributed by atoms with Crippen LogP contribution in [0, 0.1) is 5.92 Å². The van der Waals surface area contributed by atoms with Gasteiger partial charge in [-0.05, 0) is 37.0 Å². The molecule has 1 aliphatic carbocycles. The Hall–Kier alpha value is -2.64. The van der Waals surface area contributed by atoms with Gasteiger partial charge in [-0.2, -0.15) is 0 Å². The molecule has 7 nitrogen and oxygen atoms in total. The van der Waals surface area contributed by atoms with Crippen LogP contribution in [0.5, 0.6) is 0 Å². The lowest BCUT2D eigenvalue weighted by Gasteiger charge is -2.28. The van der Waals surface area contributed by atoms with E-state index in [0.717, 1.165) is 31.5 Å². The minimum atomic E-state index is -0.0547. The Bertz CT molecular complexity index is 848. The predicted molar refractivity (Wildman–Crippen MR) is 123 cm³/mol. The van der Waals surface area contributed by atoms with Crippen molar-refractivity contribution < 1.29 is 19.1 Å². The van der Waals surface area contributed by atoms with E-state index in [-0.39, 0.29) is 24.3 Å². The molecule has 0 saturated heterocycles. The molecule has 0 radical (unpaired) electrons. The molecule has 1 aromatic carbocycles. The van der Waals surface area contributed by atoms with Crippen molar-refractivity contribution in [3.8, 4) is 0 Å². The van der Waals surface area contributed by atoms with Gasteiger partial charge in [-0.15, -0.1) is 0 Å². The molecule has 2 aromatic rings. The van der Waals surface area contributed by atoms with Crippen molar-refractivity contribution in [1.29, 1.82) is 0 Å². The number of aromatic nitrogens is 1. The minimum Gasteiger partial charge on any atom is -0.385 e. The zero-order valence-electron chi connectivity index (χ0n) is 19.2. The number of rotatable bonds is 14. The van der Waals surface area contributed by atoms with Crippen molar-refractivity contribution in [3.63, 3.8) is 0 Å². The summed E-state index contributed by atoms with van der Waals surface area (Å²) in [7, 11) is 3.28. The quantitative estimate of drug-likeness (QED) is 0.423. The van der Waals surface area contributed by atoms with E-state index >= 15 is 0 Å². The summed E-state index contributed by atoms with van der Waals surface area (Å²) >= 11 is 0. The highest BCUT2D eigenvalue weighted by atomic mass is 16.5. The van der Waals surface area contributed by atoms with Gasteiger partial charge in [0.1, 0.15) is 0 Å². The van der Waals surface area contributed by atoms with Crippen LogP contribution >= 0.6 is 0 Å². The van der Waals surface area contributed by atoms with E-state index < -0.39 is 0 Å². The molecule has 0 atom stereocenters. The van der Waals surface area contributed by atoms with E-state index in [1.807, 2.05) is 36.5 Å². The van der Waals surface area contributed by atoms with Crippen LogP contribution in [0.15, 0.2) is 48.7 Å². The zero-order chi connectivity index (χ0) is 22.8. The number of carbonyl (C=O) groups excluding carboxylic acids is 2. The van der Waals surface area contributed by atoms with Crippen molar-refractivity contribution in [2.24, 2.45) is 5.92 Å². The summed E-state index contributed by atoms with van der Waals surface area (Å²) in [5.74, 6) is 0.121. The third kappa shape index (κ3) is 7.21. The highest BCUT2D eigenvalue weighted by Gasteiger charge is 2.34. The first-order chi connectivity index (χ1) is 15.6. The second kappa shape index (κ2) is 12.4.